The van der Waals surface area contributed by atoms with Crippen LogP contribution in [0, 0.1) is 12.8 Å². The van der Waals surface area contributed by atoms with E-state index in [1.807, 2.05) is 13.8 Å². The van der Waals surface area contributed by atoms with Crippen LogP contribution in [0.2, 0.25) is 0 Å². The second kappa shape index (κ2) is 7.56. The van der Waals surface area contributed by atoms with Crippen molar-refractivity contribution < 1.29 is 17.9 Å². The first-order chi connectivity index (χ1) is 9.81. The fourth-order valence-corrected chi connectivity index (χ4v) is 3.36. The van der Waals surface area contributed by atoms with Crippen molar-refractivity contribution in [2.75, 3.05) is 6.61 Å². The highest BCUT2D eigenvalue weighted by molar-refractivity contribution is 7.89. The number of carbonyl (C=O) groups is 1. The minimum atomic E-state index is -3.64. The minimum Gasteiger partial charge on any atom is -0.466 e. The van der Waals surface area contributed by atoms with Gasteiger partial charge >= 0.3 is 5.97 Å². The molecule has 1 aromatic carbocycles. The van der Waals surface area contributed by atoms with Gasteiger partial charge in [-0.1, -0.05) is 31.5 Å². The number of benzene rings is 1. The maximum absolute atomic E-state index is 12.3. The van der Waals surface area contributed by atoms with Crippen molar-refractivity contribution in [2.24, 2.45) is 5.92 Å². The van der Waals surface area contributed by atoms with E-state index in [9.17, 15) is 13.2 Å². The van der Waals surface area contributed by atoms with E-state index in [-0.39, 0.29) is 11.5 Å². The molecule has 0 amide bonds. The lowest BCUT2D eigenvalue weighted by molar-refractivity contribution is -0.148. The van der Waals surface area contributed by atoms with E-state index in [1.165, 1.54) is 0 Å². The largest absolute Gasteiger partial charge is 0.466 e. The molecule has 5 nitrogen and oxygen atoms in total. The highest BCUT2D eigenvalue weighted by Crippen LogP contribution is 2.15. The van der Waals surface area contributed by atoms with Gasteiger partial charge in [0.1, 0.15) is 0 Å². The lowest BCUT2D eigenvalue weighted by Crippen LogP contribution is -2.42. The molecular weight excluding hydrogens is 290 g/mol. The number of hydrogen-bond acceptors (Lipinski definition) is 4. The summed E-state index contributed by atoms with van der Waals surface area (Å²) in [6.45, 7) is 7.40. The van der Waals surface area contributed by atoms with Crippen molar-refractivity contribution in [3.8, 4) is 0 Å². The number of rotatable bonds is 7. The molecule has 0 aliphatic heterocycles. The van der Waals surface area contributed by atoms with Crippen LogP contribution in [0.1, 0.15) is 32.8 Å². The molecule has 0 bridgehead atoms. The molecule has 21 heavy (non-hydrogen) atoms. The van der Waals surface area contributed by atoms with Gasteiger partial charge < -0.3 is 4.74 Å². The summed E-state index contributed by atoms with van der Waals surface area (Å²) in [7, 11) is -3.64. The van der Waals surface area contributed by atoms with Gasteiger partial charge in [-0.05, 0) is 32.4 Å². The Hall–Kier alpha value is -1.40. The van der Waals surface area contributed by atoms with Gasteiger partial charge in [-0.2, -0.15) is 0 Å². The van der Waals surface area contributed by atoms with Crippen LogP contribution in [0.3, 0.4) is 0 Å². The number of nitrogens with one attached hydrogen (secondary N) is 1. The van der Waals surface area contributed by atoms with E-state index >= 15 is 0 Å². The monoisotopic (exact) mass is 313 g/mol. The Morgan fingerprint density at radius 3 is 2.29 bits per heavy atom. The van der Waals surface area contributed by atoms with Crippen molar-refractivity contribution in [2.45, 2.75) is 45.1 Å². The number of hydrogen-bond donors (Lipinski definition) is 1. The predicted molar refractivity (Wildman–Crippen MR) is 81.4 cm³/mol. The zero-order valence-electron chi connectivity index (χ0n) is 12.9. The summed E-state index contributed by atoms with van der Waals surface area (Å²) >= 11 is 0. The third kappa shape index (κ3) is 4.82. The molecule has 6 heteroatoms. The summed E-state index contributed by atoms with van der Waals surface area (Å²) in [5.74, 6) is -0.925. The summed E-state index contributed by atoms with van der Waals surface area (Å²) in [5, 5.41) is 0. The van der Waals surface area contributed by atoms with Crippen molar-refractivity contribution in [3.63, 3.8) is 0 Å². The topological polar surface area (TPSA) is 72.5 Å². The fourth-order valence-electron chi connectivity index (χ4n) is 1.96. The SMILES string of the molecule is CCOC(=O)[C@@H](C)[C@@H](CC)NS(=O)(=O)c1ccc(C)cc1. The van der Waals surface area contributed by atoms with Gasteiger partial charge in [-0.15, -0.1) is 0 Å². The second-order valence-electron chi connectivity index (χ2n) is 4.99. The van der Waals surface area contributed by atoms with E-state index in [2.05, 4.69) is 4.72 Å². The molecule has 0 heterocycles. The van der Waals surface area contributed by atoms with E-state index in [1.54, 1.807) is 38.1 Å². The summed E-state index contributed by atoms with van der Waals surface area (Å²) in [6, 6.07) is 6.10. The van der Waals surface area contributed by atoms with E-state index < -0.39 is 28.0 Å². The maximum atomic E-state index is 12.3. The average Bonchev–Trinajstić information content (AvgIpc) is 2.44. The van der Waals surface area contributed by atoms with Crippen molar-refractivity contribution in [3.05, 3.63) is 29.8 Å². The molecular formula is C15H23NO4S. The van der Waals surface area contributed by atoms with Crippen LogP contribution in [0.4, 0.5) is 0 Å². The van der Waals surface area contributed by atoms with Gasteiger partial charge in [0.05, 0.1) is 17.4 Å². The van der Waals surface area contributed by atoms with Crippen molar-refractivity contribution >= 4 is 16.0 Å². The Morgan fingerprint density at radius 2 is 1.81 bits per heavy atom. The Labute approximate surface area is 126 Å². The molecule has 0 radical (unpaired) electrons. The molecule has 0 aliphatic rings. The fraction of sp³-hybridized carbons (Fsp3) is 0.533. The summed E-state index contributed by atoms with van der Waals surface area (Å²) in [4.78, 5) is 12.0. The molecule has 0 fully saturated rings. The van der Waals surface area contributed by atoms with Crippen LogP contribution in [-0.2, 0) is 19.6 Å². The molecule has 0 aromatic heterocycles. The van der Waals surface area contributed by atoms with E-state index in [0.29, 0.717) is 6.42 Å². The minimum absolute atomic E-state index is 0.197. The third-order valence-corrected chi connectivity index (χ3v) is 4.85. The normalized spacial score (nSPS) is 14.5. The van der Waals surface area contributed by atoms with Gasteiger partial charge in [0.25, 0.3) is 0 Å². The van der Waals surface area contributed by atoms with Crippen LogP contribution in [-0.4, -0.2) is 27.0 Å². The van der Waals surface area contributed by atoms with E-state index in [0.717, 1.165) is 5.56 Å². The number of aryl methyl sites for hydroxylation is 1. The highest BCUT2D eigenvalue weighted by atomic mass is 32.2. The summed E-state index contributed by atoms with van der Waals surface area (Å²) < 4.78 is 32.2. The number of carbonyl (C=O) groups excluding carboxylic acids is 1. The first kappa shape index (κ1) is 17.7. The smallest absolute Gasteiger partial charge is 0.310 e. The molecule has 1 aromatic rings. The predicted octanol–water partition coefficient (Wildman–Crippen LogP) is 2.25. The molecule has 1 N–H and O–H groups in total. The van der Waals surface area contributed by atoms with E-state index in [4.69, 9.17) is 4.74 Å². The molecule has 118 valence electrons. The Bertz CT molecular complexity index is 566. The standard InChI is InChI=1S/C15H23NO4S/c1-5-14(12(4)15(17)20-6-2)16-21(18,19)13-9-7-11(3)8-10-13/h7-10,12,14,16H,5-6H2,1-4H3/t12-,14+/m0/s1. The molecule has 0 saturated carbocycles. The summed E-state index contributed by atoms with van der Waals surface area (Å²) in [6.07, 6.45) is 0.505. The molecule has 0 aliphatic carbocycles. The first-order valence-corrected chi connectivity index (χ1v) is 8.55. The zero-order valence-corrected chi connectivity index (χ0v) is 13.7. The lowest BCUT2D eigenvalue weighted by Gasteiger charge is -2.22. The third-order valence-electron chi connectivity index (χ3n) is 3.34. The number of esters is 1. The van der Waals surface area contributed by atoms with Crippen LogP contribution in [0.25, 0.3) is 0 Å². The average molecular weight is 313 g/mol. The molecule has 2 atom stereocenters. The van der Waals surface area contributed by atoms with Gasteiger partial charge in [-0.3, -0.25) is 4.79 Å². The van der Waals surface area contributed by atoms with Crippen LogP contribution in [0.15, 0.2) is 29.2 Å². The molecule has 0 unspecified atom stereocenters. The van der Waals surface area contributed by atoms with Crippen LogP contribution < -0.4 is 4.72 Å². The quantitative estimate of drug-likeness (QED) is 0.784. The number of sulfonamides is 1. The molecule has 0 spiro atoms. The number of ether oxygens (including phenoxy) is 1. The van der Waals surface area contributed by atoms with Crippen molar-refractivity contribution in [1.82, 2.24) is 4.72 Å². The van der Waals surface area contributed by atoms with Gasteiger partial charge in [-0.25, -0.2) is 13.1 Å². The van der Waals surface area contributed by atoms with Gasteiger partial charge in [0, 0.05) is 6.04 Å². The van der Waals surface area contributed by atoms with Crippen molar-refractivity contribution in [1.29, 1.82) is 0 Å². The van der Waals surface area contributed by atoms with Crippen LogP contribution in [0.5, 0.6) is 0 Å². The zero-order chi connectivity index (χ0) is 16.0. The maximum Gasteiger partial charge on any atom is 0.310 e. The first-order valence-electron chi connectivity index (χ1n) is 7.07. The lowest BCUT2D eigenvalue weighted by atomic mass is 10.0. The Morgan fingerprint density at radius 1 is 1.24 bits per heavy atom. The second-order valence-corrected chi connectivity index (χ2v) is 6.70. The summed E-state index contributed by atoms with van der Waals surface area (Å²) in [5.41, 5.74) is 0.987. The highest BCUT2D eigenvalue weighted by Gasteiger charge is 2.28. The van der Waals surface area contributed by atoms with Gasteiger partial charge in [0.15, 0.2) is 0 Å². The van der Waals surface area contributed by atoms with Crippen LogP contribution >= 0.6 is 0 Å². The Kier molecular flexibility index (Phi) is 6.36. The molecule has 1 rings (SSSR count). The van der Waals surface area contributed by atoms with Gasteiger partial charge in [0.2, 0.25) is 10.0 Å². The molecule has 0 saturated heterocycles. The Balaban J connectivity index is 2.89.